The van der Waals surface area contributed by atoms with Gasteiger partial charge in [-0.25, -0.2) is 0 Å². The fourth-order valence-electron chi connectivity index (χ4n) is 2.41. The highest BCUT2D eigenvalue weighted by atomic mass is 16.7. The van der Waals surface area contributed by atoms with Gasteiger partial charge in [-0.1, -0.05) is 18.2 Å². The molecule has 0 saturated heterocycles. The van der Waals surface area contributed by atoms with Crippen LogP contribution in [-0.4, -0.2) is 19.0 Å². The topological polar surface area (TPSA) is 76.6 Å². The van der Waals surface area contributed by atoms with E-state index in [1.54, 1.807) is 50.6 Å². The average molecular weight is 328 g/mol. The standard InChI is InChI=1S/C17H16N2O5/c1-22-15-8-7-12(9-16(15)23-2)11-24-19-14-6-4-3-5-13(14)18(21)10-17(19)20/h3-10H,11H2,1-2H3. The molecule has 0 atom stereocenters. The second kappa shape index (κ2) is 6.49. The molecule has 0 amide bonds. The number of rotatable bonds is 5. The number of benzene rings is 2. The van der Waals surface area contributed by atoms with E-state index in [4.69, 9.17) is 14.3 Å². The summed E-state index contributed by atoms with van der Waals surface area (Å²) in [4.78, 5) is 17.7. The van der Waals surface area contributed by atoms with Gasteiger partial charge in [0.1, 0.15) is 6.61 Å². The van der Waals surface area contributed by atoms with Crippen molar-refractivity contribution in [2.24, 2.45) is 0 Å². The maximum absolute atomic E-state index is 12.1. The van der Waals surface area contributed by atoms with Gasteiger partial charge < -0.3 is 19.5 Å². The number of hydrogen-bond donors (Lipinski definition) is 0. The lowest BCUT2D eigenvalue weighted by molar-refractivity contribution is -0.578. The van der Waals surface area contributed by atoms with Crippen molar-refractivity contribution in [2.75, 3.05) is 14.2 Å². The highest BCUT2D eigenvalue weighted by Crippen LogP contribution is 2.27. The summed E-state index contributed by atoms with van der Waals surface area (Å²) in [6.07, 6.45) is 0.941. The number of aromatic nitrogens is 2. The van der Waals surface area contributed by atoms with Crippen LogP contribution in [0.2, 0.25) is 0 Å². The Hall–Kier alpha value is -3.22. The molecule has 0 spiro atoms. The molecule has 3 aromatic rings. The van der Waals surface area contributed by atoms with Crippen molar-refractivity contribution >= 4 is 11.0 Å². The minimum Gasteiger partial charge on any atom is -0.618 e. The Bertz CT molecular complexity index is 936. The predicted octanol–water partition coefficient (Wildman–Crippen LogP) is 1.28. The van der Waals surface area contributed by atoms with Gasteiger partial charge in [0.25, 0.3) is 0 Å². The maximum atomic E-state index is 12.1. The second-order valence-corrected chi connectivity index (χ2v) is 5.04. The van der Waals surface area contributed by atoms with Gasteiger partial charge in [0.05, 0.1) is 14.2 Å². The van der Waals surface area contributed by atoms with Crippen molar-refractivity contribution in [1.29, 1.82) is 0 Å². The molecule has 0 N–H and O–H groups in total. The van der Waals surface area contributed by atoms with Crippen molar-refractivity contribution in [3.05, 3.63) is 69.8 Å². The molecule has 0 aliphatic heterocycles. The molecule has 0 unspecified atom stereocenters. The van der Waals surface area contributed by atoms with E-state index in [1.165, 1.54) is 0 Å². The van der Waals surface area contributed by atoms with E-state index in [0.29, 0.717) is 27.3 Å². The molecule has 7 heteroatoms. The van der Waals surface area contributed by atoms with Gasteiger partial charge in [0.15, 0.2) is 17.0 Å². The van der Waals surface area contributed by atoms with Gasteiger partial charge in [0.2, 0.25) is 11.7 Å². The molecule has 0 radical (unpaired) electrons. The minimum atomic E-state index is -0.538. The van der Waals surface area contributed by atoms with Crippen molar-refractivity contribution in [1.82, 2.24) is 4.73 Å². The smallest absolute Gasteiger partial charge is 0.349 e. The Balaban J connectivity index is 1.93. The van der Waals surface area contributed by atoms with Crippen LogP contribution in [0, 0.1) is 5.21 Å². The molecule has 0 bridgehead atoms. The van der Waals surface area contributed by atoms with Crippen LogP contribution < -0.4 is 24.6 Å². The summed E-state index contributed by atoms with van der Waals surface area (Å²) in [5.74, 6) is 1.18. The fourth-order valence-corrected chi connectivity index (χ4v) is 2.41. The van der Waals surface area contributed by atoms with E-state index in [2.05, 4.69) is 0 Å². The van der Waals surface area contributed by atoms with Crippen molar-refractivity contribution < 1.29 is 19.0 Å². The Kier molecular flexibility index (Phi) is 4.24. The van der Waals surface area contributed by atoms with E-state index in [0.717, 1.165) is 16.5 Å². The highest BCUT2D eigenvalue weighted by molar-refractivity contribution is 5.70. The summed E-state index contributed by atoms with van der Waals surface area (Å²) >= 11 is 0. The molecular formula is C17H16N2O5. The quantitative estimate of drug-likeness (QED) is 0.521. The molecule has 1 heterocycles. The molecule has 1 aromatic heterocycles. The summed E-state index contributed by atoms with van der Waals surface area (Å²) in [5.41, 5.74) is 1.01. The van der Waals surface area contributed by atoms with E-state index in [-0.39, 0.29) is 6.61 Å². The summed E-state index contributed by atoms with van der Waals surface area (Å²) in [5, 5.41) is 11.8. The van der Waals surface area contributed by atoms with Crippen LogP contribution in [0.3, 0.4) is 0 Å². The summed E-state index contributed by atoms with van der Waals surface area (Å²) in [6, 6.07) is 12.1. The number of para-hydroxylation sites is 2. The van der Waals surface area contributed by atoms with Gasteiger partial charge in [-0.05, 0) is 23.8 Å². The Morgan fingerprint density at radius 1 is 1.08 bits per heavy atom. The highest BCUT2D eigenvalue weighted by Gasteiger charge is 2.13. The molecule has 124 valence electrons. The number of ether oxygens (including phenoxy) is 2. The first-order chi connectivity index (χ1) is 11.6. The van der Waals surface area contributed by atoms with Gasteiger partial charge >= 0.3 is 5.56 Å². The minimum absolute atomic E-state index is 0.132. The SMILES string of the molecule is COc1ccc(COn2c(=O)c[n+]([O-])c3ccccc32)cc1OC. The van der Waals surface area contributed by atoms with Crippen molar-refractivity contribution in [3.8, 4) is 11.5 Å². The molecule has 0 fully saturated rings. The zero-order valence-corrected chi connectivity index (χ0v) is 13.3. The zero-order valence-electron chi connectivity index (χ0n) is 13.3. The molecular weight excluding hydrogens is 312 g/mol. The number of hydrogen-bond acceptors (Lipinski definition) is 5. The first-order valence-electron chi connectivity index (χ1n) is 7.22. The van der Waals surface area contributed by atoms with Crippen LogP contribution in [0.5, 0.6) is 11.5 Å². The summed E-state index contributed by atoms with van der Waals surface area (Å²) in [7, 11) is 3.10. The first-order valence-corrected chi connectivity index (χ1v) is 7.22. The van der Waals surface area contributed by atoms with Crippen LogP contribution in [0.25, 0.3) is 11.0 Å². The number of fused-ring (bicyclic) bond motifs is 1. The molecule has 0 saturated carbocycles. The van der Waals surface area contributed by atoms with Gasteiger partial charge in [-0.15, -0.1) is 4.73 Å². The number of methoxy groups -OCH3 is 2. The Labute approximate surface area is 137 Å². The monoisotopic (exact) mass is 328 g/mol. The van der Waals surface area contributed by atoms with E-state index in [1.807, 2.05) is 6.07 Å². The van der Waals surface area contributed by atoms with Gasteiger partial charge in [0, 0.05) is 6.07 Å². The largest absolute Gasteiger partial charge is 0.618 e. The summed E-state index contributed by atoms with van der Waals surface area (Å²) < 4.78 is 12.1. The van der Waals surface area contributed by atoms with Crippen LogP contribution in [0.1, 0.15) is 5.56 Å². The first kappa shape index (κ1) is 15.7. The number of nitrogens with zero attached hydrogens (tertiary/aromatic N) is 2. The fraction of sp³-hybridized carbons (Fsp3) is 0.176. The molecule has 24 heavy (non-hydrogen) atoms. The van der Waals surface area contributed by atoms with Gasteiger partial charge in [-0.2, -0.15) is 4.73 Å². The Morgan fingerprint density at radius 2 is 1.83 bits per heavy atom. The van der Waals surface area contributed by atoms with Gasteiger partial charge in [-0.3, -0.25) is 4.79 Å². The Morgan fingerprint density at radius 3 is 2.58 bits per heavy atom. The third-order valence-electron chi connectivity index (χ3n) is 3.57. The third kappa shape index (κ3) is 2.83. The predicted molar refractivity (Wildman–Crippen MR) is 87.0 cm³/mol. The van der Waals surface area contributed by atoms with Crippen molar-refractivity contribution in [2.45, 2.75) is 6.61 Å². The van der Waals surface area contributed by atoms with Crippen LogP contribution >= 0.6 is 0 Å². The lowest BCUT2D eigenvalue weighted by Gasteiger charge is -2.13. The molecule has 0 aliphatic carbocycles. The van der Waals surface area contributed by atoms with E-state index < -0.39 is 5.56 Å². The van der Waals surface area contributed by atoms with Crippen LogP contribution in [-0.2, 0) is 6.61 Å². The lowest BCUT2D eigenvalue weighted by Crippen LogP contribution is -2.38. The van der Waals surface area contributed by atoms with E-state index >= 15 is 0 Å². The molecule has 0 aliphatic rings. The van der Waals surface area contributed by atoms with E-state index in [9.17, 15) is 10.0 Å². The third-order valence-corrected chi connectivity index (χ3v) is 3.57. The van der Waals surface area contributed by atoms with Crippen LogP contribution in [0.4, 0.5) is 0 Å². The van der Waals surface area contributed by atoms with Crippen molar-refractivity contribution in [3.63, 3.8) is 0 Å². The lowest BCUT2D eigenvalue weighted by atomic mass is 10.2. The zero-order chi connectivity index (χ0) is 17.1. The average Bonchev–Trinajstić information content (AvgIpc) is 2.61. The molecule has 2 aromatic carbocycles. The summed E-state index contributed by atoms with van der Waals surface area (Å²) in [6.45, 7) is 0.132. The second-order valence-electron chi connectivity index (χ2n) is 5.04. The molecule has 3 rings (SSSR count). The normalized spacial score (nSPS) is 10.6. The maximum Gasteiger partial charge on any atom is 0.349 e. The molecule has 7 nitrogen and oxygen atoms in total. The van der Waals surface area contributed by atoms with Crippen LogP contribution in [0.15, 0.2) is 53.5 Å².